The van der Waals surface area contributed by atoms with E-state index >= 15 is 0 Å². The molecule has 0 atom stereocenters. The Morgan fingerprint density at radius 1 is 1.06 bits per heavy atom. The van der Waals surface area contributed by atoms with Crippen molar-refractivity contribution in [3.8, 4) is 5.75 Å². The highest BCUT2D eigenvalue weighted by Gasteiger charge is 2.23. The molecule has 8 nitrogen and oxygen atoms in total. The molecular weight excluding hydrogens is 425 g/mol. The maximum absolute atomic E-state index is 13.2. The zero-order chi connectivity index (χ0) is 23.1. The van der Waals surface area contributed by atoms with Crippen molar-refractivity contribution < 1.29 is 13.9 Å². The van der Waals surface area contributed by atoms with E-state index in [1.165, 1.54) is 16.8 Å². The van der Waals surface area contributed by atoms with Crippen molar-refractivity contribution in [2.45, 2.75) is 13.5 Å². The van der Waals surface area contributed by atoms with E-state index in [2.05, 4.69) is 10.00 Å². The Bertz CT molecular complexity index is 1400. The van der Waals surface area contributed by atoms with Crippen LogP contribution in [0.3, 0.4) is 0 Å². The molecule has 1 saturated heterocycles. The van der Waals surface area contributed by atoms with Crippen LogP contribution in [0, 0.1) is 12.7 Å². The van der Waals surface area contributed by atoms with Crippen LogP contribution in [0.1, 0.15) is 5.82 Å². The molecule has 0 N–H and O–H groups in total. The summed E-state index contributed by atoms with van der Waals surface area (Å²) in [4.78, 5) is 30.0. The normalized spacial score (nSPS) is 14.3. The second kappa shape index (κ2) is 8.23. The fourth-order valence-electron chi connectivity index (χ4n) is 4.49. The van der Waals surface area contributed by atoms with Gasteiger partial charge in [-0.25, -0.2) is 9.07 Å². The van der Waals surface area contributed by atoms with Gasteiger partial charge in [0.05, 0.1) is 12.6 Å². The van der Waals surface area contributed by atoms with E-state index in [1.807, 2.05) is 25.1 Å². The van der Waals surface area contributed by atoms with Gasteiger partial charge in [0.1, 0.15) is 29.5 Å². The molecule has 5 rings (SSSR count). The highest BCUT2D eigenvalue weighted by atomic mass is 19.1. The predicted molar refractivity (Wildman–Crippen MR) is 123 cm³/mol. The van der Waals surface area contributed by atoms with Gasteiger partial charge in [-0.05, 0) is 49.4 Å². The summed E-state index contributed by atoms with van der Waals surface area (Å²) in [5.41, 5.74) is 1.90. The number of ether oxygens (including phenoxy) is 1. The third-order valence-electron chi connectivity index (χ3n) is 6.18. The van der Waals surface area contributed by atoms with E-state index < -0.39 is 0 Å². The van der Waals surface area contributed by atoms with Crippen molar-refractivity contribution in [3.63, 3.8) is 0 Å². The van der Waals surface area contributed by atoms with Crippen molar-refractivity contribution in [3.05, 3.63) is 70.5 Å². The summed E-state index contributed by atoms with van der Waals surface area (Å²) < 4.78 is 21.6. The molecule has 0 bridgehead atoms. The number of hydrogen-bond acceptors (Lipinski definition) is 5. The van der Waals surface area contributed by atoms with Gasteiger partial charge in [-0.2, -0.15) is 5.10 Å². The van der Waals surface area contributed by atoms with E-state index in [4.69, 9.17) is 4.74 Å². The largest absolute Gasteiger partial charge is 0.496 e. The molecule has 1 amide bonds. The van der Waals surface area contributed by atoms with Crippen LogP contribution in [-0.2, 0) is 11.3 Å². The van der Waals surface area contributed by atoms with Crippen LogP contribution in [0.4, 0.5) is 10.1 Å². The summed E-state index contributed by atoms with van der Waals surface area (Å²) in [6.07, 6.45) is 0. The number of aryl methyl sites for hydroxylation is 1. The van der Waals surface area contributed by atoms with Gasteiger partial charge in [0, 0.05) is 37.3 Å². The number of rotatable bonds is 4. The Balaban J connectivity index is 1.36. The number of carbonyl (C=O) groups excluding carboxylic acids is 1. The monoisotopic (exact) mass is 449 g/mol. The predicted octanol–water partition coefficient (Wildman–Crippen LogP) is 2.45. The van der Waals surface area contributed by atoms with Crippen molar-refractivity contribution >= 4 is 28.0 Å². The average Bonchev–Trinajstić information content (AvgIpc) is 3.23. The summed E-state index contributed by atoms with van der Waals surface area (Å²) in [5.74, 6) is 0.867. The fourth-order valence-corrected chi connectivity index (χ4v) is 4.49. The maximum atomic E-state index is 13.2. The van der Waals surface area contributed by atoms with Crippen LogP contribution in [0.15, 0.2) is 53.3 Å². The first-order valence-corrected chi connectivity index (χ1v) is 10.8. The number of aromatic nitrogens is 3. The first-order valence-electron chi connectivity index (χ1n) is 10.8. The molecule has 0 saturated carbocycles. The molecule has 33 heavy (non-hydrogen) atoms. The van der Waals surface area contributed by atoms with Gasteiger partial charge in [-0.1, -0.05) is 6.07 Å². The quantitative estimate of drug-likeness (QED) is 0.479. The Kier molecular flexibility index (Phi) is 5.24. The molecule has 0 unspecified atom stereocenters. The number of methoxy groups -OCH3 is 1. The third kappa shape index (κ3) is 3.69. The zero-order valence-corrected chi connectivity index (χ0v) is 18.5. The van der Waals surface area contributed by atoms with Gasteiger partial charge in [-0.3, -0.25) is 14.0 Å². The molecule has 1 aliphatic heterocycles. The Morgan fingerprint density at radius 3 is 2.48 bits per heavy atom. The van der Waals surface area contributed by atoms with E-state index in [0.717, 1.165) is 16.6 Å². The fraction of sp³-hybridized carbons (Fsp3) is 0.292. The van der Waals surface area contributed by atoms with Crippen LogP contribution in [-0.4, -0.2) is 58.3 Å². The molecule has 1 aliphatic rings. The first-order chi connectivity index (χ1) is 16.0. The summed E-state index contributed by atoms with van der Waals surface area (Å²) in [6.45, 7) is 4.03. The molecule has 1 fully saturated rings. The molecule has 2 aromatic heterocycles. The number of carbonyl (C=O) groups is 1. The standard InChI is InChI=1S/C24H24FN5O3/c1-16-26-29(24(32)21-14-19-20(30(16)21)4-3-5-22(19)33-2)15-23(31)28-12-10-27(11-13-28)18-8-6-17(25)7-9-18/h3-9,14H,10-13,15H2,1-2H3. The average molecular weight is 449 g/mol. The number of piperazine rings is 1. The summed E-state index contributed by atoms with van der Waals surface area (Å²) in [7, 11) is 1.59. The number of halogens is 1. The van der Waals surface area contributed by atoms with Crippen molar-refractivity contribution in [2.24, 2.45) is 0 Å². The van der Waals surface area contributed by atoms with Gasteiger partial charge >= 0.3 is 0 Å². The summed E-state index contributed by atoms with van der Waals surface area (Å²) in [5, 5.41) is 5.24. The Labute approximate surface area is 189 Å². The molecule has 2 aromatic carbocycles. The van der Waals surface area contributed by atoms with Gasteiger partial charge in [0.2, 0.25) is 5.91 Å². The molecule has 0 radical (unpaired) electrons. The smallest absolute Gasteiger partial charge is 0.291 e. The number of fused-ring (bicyclic) bond motifs is 3. The lowest BCUT2D eigenvalue weighted by Crippen LogP contribution is -2.50. The molecule has 4 aromatic rings. The molecular formula is C24H24FN5O3. The molecule has 9 heteroatoms. The Morgan fingerprint density at radius 2 is 1.79 bits per heavy atom. The minimum absolute atomic E-state index is 0.120. The minimum atomic E-state index is -0.322. The van der Waals surface area contributed by atoms with Crippen molar-refractivity contribution in [2.75, 3.05) is 38.2 Å². The van der Waals surface area contributed by atoms with E-state index in [1.54, 1.807) is 34.6 Å². The van der Waals surface area contributed by atoms with E-state index in [9.17, 15) is 14.0 Å². The molecule has 0 aliphatic carbocycles. The van der Waals surface area contributed by atoms with Crippen molar-refractivity contribution in [1.82, 2.24) is 19.1 Å². The maximum Gasteiger partial charge on any atom is 0.291 e. The summed E-state index contributed by atoms with van der Waals surface area (Å²) >= 11 is 0. The topological polar surface area (TPSA) is 72.1 Å². The highest BCUT2D eigenvalue weighted by Crippen LogP contribution is 2.28. The van der Waals surface area contributed by atoms with Crippen LogP contribution >= 0.6 is 0 Å². The minimum Gasteiger partial charge on any atom is -0.496 e. The number of benzene rings is 2. The number of nitrogens with zero attached hydrogens (tertiary/aromatic N) is 5. The lowest BCUT2D eigenvalue weighted by Gasteiger charge is -2.36. The lowest BCUT2D eigenvalue weighted by atomic mass is 10.2. The number of anilines is 1. The second-order valence-corrected chi connectivity index (χ2v) is 8.11. The number of amides is 1. The first kappa shape index (κ1) is 21.0. The van der Waals surface area contributed by atoms with Gasteiger partial charge in [-0.15, -0.1) is 0 Å². The second-order valence-electron chi connectivity index (χ2n) is 8.11. The van der Waals surface area contributed by atoms with Gasteiger partial charge in [0.25, 0.3) is 5.56 Å². The van der Waals surface area contributed by atoms with Crippen molar-refractivity contribution in [1.29, 1.82) is 0 Å². The summed E-state index contributed by atoms with van der Waals surface area (Å²) in [6, 6.07) is 13.8. The molecule has 3 heterocycles. The molecule has 170 valence electrons. The SMILES string of the molecule is COc1cccc2c1cc1c(=O)n(CC(=O)N3CCN(c4ccc(F)cc4)CC3)nc(C)n12. The van der Waals surface area contributed by atoms with Crippen LogP contribution in [0.2, 0.25) is 0 Å². The van der Waals surface area contributed by atoms with Crippen LogP contribution in [0.25, 0.3) is 16.4 Å². The van der Waals surface area contributed by atoms with Gasteiger partial charge in [0.15, 0.2) is 0 Å². The highest BCUT2D eigenvalue weighted by molar-refractivity contribution is 5.92. The number of hydrogen-bond donors (Lipinski definition) is 0. The third-order valence-corrected chi connectivity index (χ3v) is 6.18. The van der Waals surface area contributed by atoms with E-state index in [0.29, 0.717) is 43.3 Å². The molecule has 0 spiro atoms. The Hall–Kier alpha value is -3.88. The van der Waals surface area contributed by atoms with Crippen LogP contribution in [0.5, 0.6) is 5.75 Å². The van der Waals surface area contributed by atoms with Crippen LogP contribution < -0.4 is 15.2 Å². The lowest BCUT2D eigenvalue weighted by molar-refractivity contribution is -0.132. The van der Waals surface area contributed by atoms with Gasteiger partial charge < -0.3 is 14.5 Å². The zero-order valence-electron chi connectivity index (χ0n) is 18.5. The van der Waals surface area contributed by atoms with E-state index in [-0.39, 0.29) is 23.8 Å².